The number of hydrogen-bond acceptors (Lipinski definition) is 2. The number of rotatable bonds is 5. The molecule has 0 aliphatic rings. The highest BCUT2D eigenvalue weighted by Gasteiger charge is 2.14. The normalized spacial score (nSPS) is 13.1. The highest BCUT2D eigenvalue weighted by molar-refractivity contribution is 7.99. The fraction of sp³-hybridized carbons (Fsp3) is 0.500. The van der Waals surface area contributed by atoms with Crippen LogP contribution in [0.15, 0.2) is 12.1 Å². The van der Waals surface area contributed by atoms with Crippen LogP contribution in [0.2, 0.25) is 0 Å². The molecule has 2 nitrogen and oxygen atoms in total. The molecule has 0 aliphatic heterocycles. The van der Waals surface area contributed by atoms with Crippen molar-refractivity contribution in [2.24, 2.45) is 0 Å². The number of halogens is 2. The van der Waals surface area contributed by atoms with Crippen LogP contribution in [-0.2, 0) is 13.0 Å². The predicted molar refractivity (Wildman–Crippen MR) is 81.8 cm³/mol. The first-order valence-electron chi connectivity index (χ1n) is 6.30. The van der Waals surface area contributed by atoms with Crippen LogP contribution < -0.4 is 0 Å². The van der Waals surface area contributed by atoms with Crippen molar-refractivity contribution in [3.05, 3.63) is 29.3 Å². The molecule has 0 spiro atoms. The predicted octanol–water partition coefficient (Wildman–Crippen LogP) is 4.02. The third-order valence-electron chi connectivity index (χ3n) is 3.27. The molecule has 0 radical (unpaired) electrons. The first kappa shape index (κ1) is 14.7. The molecule has 1 atom stereocenters. The number of thioether (sulfide) groups is 1. The van der Waals surface area contributed by atoms with Gasteiger partial charge in [0.1, 0.15) is 11.6 Å². The molecule has 19 heavy (non-hydrogen) atoms. The Bertz CT molecular complexity index is 582. The van der Waals surface area contributed by atoms with Crippen LogP contribution in [0.5, 0.6) is 0 Å². The number of aryl methyl sites for hydroxylation is 2. The van der Waals surface area contributed by atoms with Crippen LogP contribution in [0.1, 0.15) is 18.3 Å². The molecule has 0 amide bonds. The Morgan fingerprint density at radius 2 is 2.21 bits per heavy atom. The van der Waals surface area contributed by atoms with Crippen molar-refractivity contribution in [3.63, 3.8) is 0 Å². The summed E-state index contributed by atoms with van der Waals surface area (Å²) in [5.41, 5.74) is 2.37. The molecule has 1 unspecified atom stereocenters. The quantitative estimate of drug-likeness (QED) is 0.776. The molecule has 2 aromatic rings. The molecule has 0 saturated heterocycles. The van der Waals surface area contributed by atoms with E-state index in [1.54, 1.807) is 6.92 Å². The fourth-order valence-corrected chi connectivity index (χ4v) is 2.58. The smallest absolute Gasteiger partial charge is 0.128 e. The second-order valence-corrected chi connectivity index (χ2v) is 6.37. The summed E-state index contributed by atoms with van der Waals surface area (Å²) in [4.78, 5) is 4.52. The van der Waals surface area contributed by atoms with E-state index in [1.807, 2.05) is 17.8 Å². The van der Waals surface area contributed by atoms with Crippen LogP contribution in [0.25, 0.3) is 11.0 Å². The monoisotopic (exact) mass is 300 g/mol. The molecular formula is C14H18ClFN2S. The molecule has 0 aliphatic carbocycles. The molecule has 2 rings (SSSR count). The van der Waals surface area contributed by atoms with Gasteiger partial charge in [0.2, 0.25) is 0 Å². The lowest BCUT2D eigenvalue weighted by Crippen LogP contribution is -2.12. The van der Waals surface area contributed by atoms with Gasteiger partial charge in [-0.25, -0.2) is 9.37 Å². The lowest BCUT2D eigenvalue weighted by atomic mass is 10.2. The second kappa shape index (κ2) is 6.14. The van der Waals surface area contributed by atoms with E-state index in [0.717, 1.165) is 23.4 Å². The van der Waals surface area contributed by atoms with Crippen molar-refractivity contribution in [2.75, 3.05) is 12.1 Å². The summed E-state index contributed by atoms with van der Waals surface area (Å²) in [6, 6.07) is 3.39. The van der Waals surface area contributed by atoms with Crippen molar-refractivity contribution >= 4 is 34.4 Å². The number of nitrogens with zero attached hydrogens (tertiary/aromatic N) is 2. The number of alkyl halides is 1. The summed E-state index contributed by atoms with van der Waals surface area (Å²) in [6.07, 6.45) is 2.80. The van der Waals surface area contributed by atoms with Gasteiger partial charge in [-0.2, -0.15) is 11.8 Å². The summed E-state index contributed by atoms with van der Waals surface area (Å²) in [6.45, 7) is 4.83. The van der Waals surface area contributed by atoms with Gasteiger partial charge in [0, 0.05) is 30.2 Å². The van der Waals surface area contributed by atoms with Crippen LogP contribution in [-0.4, -0.2) is 26.9 Å². The second-order valence-electron chi connectivity index (χ2n) is 4.71. The number of benzene rings is 1. The maximum absolute atomic E-state index is 13.6. The largest absolute Gasteiger partial charge is 0.327 e. The minimum atomic E-state index is -0.201. The van der Waals surface area contributed by atoms with Gasteiger partial charge in [-0.15, -0.1) is 11.6 Å². The topological polar surface area (TPSA) is 17.8 Å². The van der Waals surface area contributed by atoms with E-state index < -0.39 is 0 Å². The van der Waals surface area contributed by atoms with E-state index in [0.29, 0.717) is 23.1 Å². The molecule has 1 aromatic carbocycles. The number of fused-ring (bicyclic) bond motifs is 1. The van der Waals surface area contributed by atoms with Crippen LogP contribution >= 0.6 is 23.4 Å². The van der Waals surface area contributed by atoms with E-state index in [-0.39, 0.29) is 5.82 Å². The lowest BCUT2D eigenvalue weighted by Gasteiger charge is -2.13. The Labute approximate surface area is 122 Å². The average Bonchev–Trinajstić information content (AvgIpc) is 2.68. The minimum absolute atomic E-state index is 0.201. The van der Waals surface area contributed by atoms with E-state index in [9.17, 15) is 4.39 Å². The number of imidazole rings is 1. The molecule has 1 heterocycles. The summed E-state index contributed by atoms with van der Waals surface area (Å²) >= 11 is 7.65. The van der Waals surface area contributed by atoms with Gasteiger partial charge in [-0.1, -0.05) is 6.92 Å². The Balaban J connectivity index is 2.55. The molecule has 0 saturated carbocycles. The maximum Gasteiger partial charge on any atom is 0.128 e. The van der Waals surface area contributed by atoms with Crippen molar-refractivity contribution < 1.29 is 4.39 Å². The Kier molecular flexibility index (Phi) is 4.74. The summed E-state index contributed by atoms with van der Waals surface area (Å²) in [5.74, 6) is 1.27. The van der Waals surface area contributed by atoms with Crippen molar-refractivity contribution in [1.82, 2.24) is 9.55 Å². The molecule has 1 aromatic heterocycles. The Morgan fingerprint density at radius 1 is 1.47 bits per heavy atom. The molecule has 104 valence electrons. The van der Waals surface area contributed by atoms with Gasteiger partial charge in [0.25, 0.3) is 0 Å². The first-order chi connectivity index (χ1) is 9.06. The fourth-order valence-electron chi connectivity index (χ4n) is 2.11. The first-order valence-corrected chi connectivity index (χ1v) is 8.13. The molecule has 5 heteroatoms. The van der Waals surface area contributed by atoms with Crippen molar-refractivity contribution in [3.8, 4) is 0 Å². The molecule has 0 fully saturated rings. The lowest BCUT2D eigenvalue weighted by molar-refractivity contribution is 0.620. The van der Waals surface area contributed by atoms with Gasteiger partial charge >= 0.3 is 0 Å². The Morgan fingerprint density at radius 3 is 2.84 bits per heavy atom. The van der Waals surface area contributed by atoms with Gasteiger partial charge in [-0.05, 0) is 24.8 Å². The van der Waals surface area contributed by atoms with Crippen LogP contribution in [0, 0.1) is 12.7 Å². The SMILES string of the molecule is CSC(C)Cn1c(CCCl)nc2cc(F)c(C)cc21. The van der Waals surface area contributed by atoms with Crippen molar-refractivity contribution in [1.29, 1.82) is 0 Å². The van der Waals surface area contributed by atoms with Crippen molar-refractivity contribution in [2.45, 2.75) is 32.1 Å². The zero-order valence-electron chi connectivity index (χ0n) is 11.4. The highest BCUT2D eigenvalue weighted by atomic mass is 35.5. The highest BCUT2D eigenvalue weighted by Crippen LogP contribution is 2.23. The Hall–Kier alpha value is -0.740. The minimum Gasteiger partial charge on any atom is -0.327 e. The van der Waals surface area contributed by atoms with Crippen LogP contribution in [0.3, 0.4) is 0 Å². The standard InChI is InChI=1S/C14H18ClFN2S/c1-9-6-13-12(7-11(9)16)17-14(4-5-15)18(13)8-10(2)19-3/h6-7,10H,4-5,8H2,1-3H3. The third kappa shape index (κ3) is 3.06. The van der Waals surface area contributed by atoms with Gasteiger partial charge in [-0.3, -0.25) is 0 Å². The summed E-state index contributed by atoms with van der Waals surface area (Å²) < 4.78 is 15.8. The molecular weight excluding hydrogens is 283 g/mol. The van der Waals surface area contributed by atoms with Crippen LogP contribution in [0.4, 0.5) is 4.39 Å². The number of hydrogen-bond donors (Lipinski definition) is 0. The van der Waals surface area contributed by atoms with Gasteiger partial charge in [0.05, 0.1) is 11.0 Å². The number of aromatic nitrogens is 2. The molecule has 0 N–H and O–H groups in total. The zero-order chi connectivity index (χ0) is 14.0. The van der Waals surface area contributed by atoms with E-state index in [2.05, 4.69) is 22.7 Å². The van der Waals surface area contributed by atoms with Gasteiger partial charge in [0.15, 0.2) is 0 Å². The maximum atomic E-state index is 13.6. The third-order valence-corrected chi connectivity index (χ3v) is 4.41. The summed E-state index contributed by atoms with van der Waals surface area (Å²) in [5, 5.41) is 0.483. The van der Waals surface area contributed by atoms with Gasteiger partial charge < -0.3 is 4.57 Å². The van der Waals surface area contributed by atoms with E-state index >= 15 is 0 Å². The molecule has 0 bridgehead atoms. The average molecular weight is 301 g/mol. The van der Waals surface area contributed by atoms with E-state index in [1.165, 1.54) is 6.07 Å². The van der Waals surface area contributed by atoms with E-state index in [4.69, 9.17) is 11.6 Å². The summed E-state index contributed by atoms with van der Waals surface area (Å²) in [7, 11) is 0. The zero-order valence-corrected chi connectivity index (χ0v) is 13.0.